The Hall–Kier alpha value is -2.54. The minimum Gasteiger partial charge on any atom is -0.460 e. The first-order valence-electron chi connectivity index (χ1n) is 10.1. The lowest BCUT2D eigenvalue weighted by Gasteiger charge is -2.26. The van der Waals surface area contributed by atoms with E-state index in [0.29, 0.717) is 16.4 Å². The molecule has 0 spiro atoms. The standard InChI is InChI=1S/C23H30N2O4S/c1-15(2)20(25-22-24-13-18(14-26)30-22)19(27)12-17(21(28)29-23(3,4)5)11-16-9-7-6-8-10-16/h6-10,13-15,17,20H,11-12H2,1-5H3,(H,24,25)/t17-,20?/m1/s1. The molecule has 7 heteroatoms. The number of rotatable bonds is 10. The lowest BCUT2D eigenvalue weighted by molar-refractivity contribution is -0.161. The molecule has 1 heterocycles. The van der Waals surface area contributed by atoms with Crippen molar-refractivity contribution < 1.29 is 19.1 Å². The second kappa shape index (κ2) is 10.5. The first-order valence-corrected chi connectivity index (χ1v) is 10.9. The molecule has 0 fully saturated rings. The fourth-order valence-electron chi connectivity index (χ4n) is 3.05. The Kier molecular flexibility index (Phi) is 8.29. The maximum Gasteiger partial charge on any atom is 0.310 e. The summed E-state index contributed by atoms with van der Waals surface area (Å²) in [5.74, 6) is -1.06. The van der Waals surface area contributed by atoms with Gasteiger partial charge in [0.15, 0.2) is 17.2 Å². The van der Waals surface area contributed by atoms with Gasteiger partial charge in [-0.15, -0.1) is 0 Å². The van der Waals surface area contributed by atoms with Gasteiger partial charge in [-0.2, -0.15) is 0 Å². The number of nitrogens with one attached hydrogen (secondary N) is 1. The third-order valence-corrected chi connectivity index (χ3v) is 5.30. The van der Waals surface area contributed by atoms with Crippen LogP contribution in [0.25, 0.3) is 0 Å². The molecule has 0 aliphatic carbocycles. The van der Waals surface area contributed by atoms with E-state index < -0.39 is 17.6 Å². The van der Waals surface area contributed by atoms with Crippen LogP contribution in [0.1, 0.15) is 56.3 Å². The monoisotopic (exact) mass is 430 g/mol. The second-order valence-corrected chi connectivity index (χ2v) is 9.70. The van der Waals surface area contributed by atoms with Gasteiger partial charge >= 0.3 is 5.97 Å². The molecule has 1 aromatic carbocycles. The number of anilines is 1. The number of nitrogens with zero attached hydrogens (tertiary/aromatic N) is 1. The summed E-state index contributed by atoms with van der Waals surface area (Å²) in [6.07, 6.45) is 2.69. The van der Waals surface area contributed by atoms with E-state index in [-0.39, 0.29) is 24.1 Å². The highest BCUT2D eigenvalue weighted by Gasteiger charge is 2.31. The number of thiazole rings is 1. The summed E-state index contributed by atoms with van der Waals surface area (Å²) in [6.45, 7) is 9.32. The normalized spacial score (nSPS) is 13.5. The molecule has 2 aromatic rings. The maximum atomic E-state index is 13.2. The first kappa shape index (κ1) is 23.7. The Bertz CT molecular complexity index is 856. The lowest BCUT2D eigenvalue weighted by Crippen LogP contribution is -2.38. The number of aromatic nitrogens is 1. The van der Waals surface area contributed by atoms with Gasteiger partial charge in [0.2, 0.25) is 0 Å². The van der Waals surface area contributed by atoms with E-state index in [0.717, 1.165) is 11.8 Å². The maximum absolute atomic E-state index is 13.2. The Morgan fingerprint density at radius 1 is 1.20 bits per heavy atom. The van der Waals surface area contributed by atoms with Crippen LogP contribution in [0.4, 0.5) is 5.13 Å². The summed E-state index contributed by atoms with van der Waals surface area (Å²) in [7, 11) is 0. The van der Waals surface area contributed by atoms with Crippen molar-refractivity contribution in [1.29, 1.82) is 0 Å². The summed E-state index contributed by atoms with van der Waals surface area (Å²) in [6, 6.07) is 9.10. The fourth-order valence-corrected chi connectivity index (χ4v) is 3.72. The predicted molar refractivity (Wildman–Crippen MR) is 119 cm³/mol. The number of Topliss-reactive ketones (excluding diaryl/α,β-unsaturated/α-hetero) is 1. The molecule has 6 nitrogen and oxygen atoms in total. The molecule has 30 heavy (non-hydrogen) atoms. The summed E-state index contributed by atoms with van der Waals surface area (Å²) in [5.41, 5.74) is 0.349. The van der Waals surface area contributed by atoms with Crippen molar-refractivity contribution in [2.24, 2.45) is 11.8 Å². The number of ether oxygens (including phenoxy) is 1. The van der Waals surface area contributed by atoms with Crippen molar-refractivity contribution in [1.82, 2.24) is 4.98 Å². The fraction of sp³-hybridized carbons (Fsp3) is 0.478. The van der Waals surface area contributed by atoms with Crippen LogP contribution in [-0.4, -0.2) is 34.7 Å². The Labute approximate surface area is 182 Å². The van der Waals surface area contributed by atoms with Gasteiger partial charge in [-0.1, -0.05) is 55.5 Å². The summed E-state index contributed by atoms with van der Waals surface area (Å²) >= 11 is 1.20. The van der Waals surface area contributed by atoms with Gasteiger partial charge in [-0.3, -0.25) is 14.4 Å². The van der Waals surface area contributed by atoms with E-state index >= 15 is 0 Å². The third-order valence-electron chi connectivity index (χ3n) is 4.44. The summed E-state index contributed by atoms with van der Waals surface area (Å²) in [5, 5.41) is 3.65. The molecule has 0 amide bonds. The van der Waals surface area contributed by atoms with Crippen LogP contribution in [0.2, 0.25) is 0 Å². The molecule has 1 N–H and O–H groups in total. The van der Waals surface area contributed by atoms with Crippen molar-refractivity contribution in [2.45, 2.75) is 59.1 Å². The molecule has 1 aromatic heterocycles. The molecular formula is C23H30N2O4S. The minimum absolute atomic E-state index is 0.0166. The molecule has 1 unspecified atom stereocenters. The van der Waals surface area contributed by atoms with Crippen LogP contribution in [0.5, 0.6) is 0 Å². The topological polar surface area (TPSA) is 85.4 Å². The van der Waals surface area contributed by atoms with Crippen molar-refractivity contribution in [3.8, 4) is 0 Å². The number of hydrogen-bond donors (Lipinski definition) is 1. The number of esters is 1. The molecule has 162 valence electrons. The van der Waals surface area contributed by atoms with Gasteiger partial charge in [0.1, 0.15) is 5.60 Å². The van der Waals surface area contributed by atoms with Crippen molar-refractivity contribution in [3.05, 3.63) is 47.0 Å². The number of aldehydes is 1. The zero-order chi connectivity index (χ0) is 22.3. The smallest absolute Gasteiger partial charge is 0.310 e. The number of carbonyl (C=O) groups excluding carboxylic acids is 3. The quantitative estimate of drug-likeness (QED) is 0.440. The Morgan fingerprint density at radius 2 is 1.87 bits per heavy atom. The highest BCUT2D eigenvalue weighted by Crippen LogP contribution is 2.24. The zero-order valence-electron chi connectivity index (χ0n) is 18.2. The molecule has 0 saturated carbocycles. The van der Waals surface area contributed by atoms with Crippen molar-refractivity contribution >= 4 is 34.5 Å². The van der Waals surface area contributed by atoms with Gasteiger partial charge in [-0.25, -0.2) is 4.98 Å². The lowest BCUT2D eigenvalue weighted by atomic mass is 9.89. The van der Waals surface area contributed by atoms with E-state index in [1.54, 1.807) is 0 Å². The average molecular weight is 431 g/mol. The highest BCUT2D eigenvalue weighted by atomic mass is 32.1. The van der Waals surface area contributed by atoms with E-state index in [4.69, 9.17) is 4.74 Å². The molecule has 2 rings (SSSR count). The van der Waals surface area contributed by atoms with Gasteiger partial charge in [0.05, 0.1) is 23.0 Å². The molecule has 0 aliphatic heterocycles. The number of ketones is 1. The molecule has 0 bridgehead atoms. The van der Waals surface area contributed by atoms with Crippen LogP contribution >= 0.6 is 11.3 Å². The van der Waals surface area contributed by atoms with Crippen LogP contribution in [-0.2, 0) is 20.7 Å². The first-order chi connectivity index (χ1) is 14.1. The second-order valence-electron chi connectivity index (χ2n) is 8.64. The van der Waals surface area contributed by atoms with Gasteiger partial charge in [-0.05, 0) is 38.7 Å². The predicted octanol–water partition coefficient (Wildman–Crippen LogP) is 4.55. The summed E-state index contributed by atoms with van der Waals surface area (Å²) < 4.78 is 5.59. The number of hydrogen-bond acceptors (Lipinski definition) is 7. The van der Waals surface area contributed by atoms with Crippen molar-refractivity contribution in [2.75, 3.05) is 5.32 Å². The summed E-state index contributed by atoms with van der Waals surface area (Å²) in [4.78, 5) is 41.6. The van der Waals surface area contributed by atoms with E-state index in [2.05, 4.69) is 10.3 Å². The third kappa shape index (κ3) is 7.37. The van der Waals surface area contributed by atoms with E-state index in [1.807, 2.05) is 65.0 Å². The average Bonchev–Trinajstić information content (AvgIpc) is 3.12. The molecule has 0 aliphatic rings. The Balaban J connectivity index is 2.18. The largest absolute Gasteiger partial charge is 0.460 e. The van der Waals surface area contributed by atoms with Crippen LogP contribution < -0.4 is 5.32 Å². The zero-order valence-corrected chi connectivity index (χ0v) is 19.0. The minimum atomic E-state index is -0.628. The van der Waals surface area contributed by atoms with Crippen molar-refractivity contribution in [3.63, 3.8) is 0 Å². The molecule has 0 radical (unpaired) electrons. The van der Waals surface area contributed by atoms with Gasteiger partial charge in [0, 0.05) is 6.42 Å². The SMILES string of the molecule is CC(C)C(Nc1ncc(C=O)s1)C(=O)C[C@@H](Cc1ccccc1)C(=O)OC(C)(C)C. The number of carbonyl (C=O) groups is 3. The van der Waals surface area contributed by atoms with Gasteiger partial charge < -0.3 is 10.1 Å². The molecular weight excluding hydrogens is 400 g/mol. The van der Waals surface area contributed by atoms with Crippen LogP contribution in [0.3, 0.4) is 0 Å². The van der Waals surface area contributed by atoms with E-state index in [1.165, 1.54) is 17.5 Å². The highest BCUT2D eigenvalue weighted by molar-refractivity contribution is 7.17. The Morgan fingerprint density at radius 3 is 2.40 bits per heavy atom. The molecule has 0 saturated heterocycles. The van der Waals surface area contributed by atoms with Crippen LogP contribution in [0.15, 0.2) is 36.5 Å². The molecule has 2 atom stereocenters. The van der Waals surface area contributed by atoms with Gasteiger partial charge in [0.25, 0.3) is 0 Å². The van der Waals surface area contributed by atoms with E-state index in [9.17, 15) is 14.4 Å². The van der Waals surface area contributed by atoms with Crippen LogP contribution in [0, 0.1) is 11.8 Å². The number of benzene rings is 1.